The van der Waals surface area contributed by atoms with Crippen molar-refractivity contribution in [3.8, 4) is 11.5 Å². The van der Waals surface area contributed by atoms with E-state index in [4.69, 9.17) is 37.4 Å². The summed E-state index contributed by atoms with van der Waals surface area (Å²) in [6.07, 6.45) is 1.68. The fourth-order valence-corrected chi connectivity index (χ4v) is 4.18. The zero-order chi connectivity index (χ0) is 23.3. The maximum absolute atomic E-state index is 12.4. The second kappa shape index (κ2) is 11.1. The number of aliphatic imine (C=N–C) groups is 1. The molecule has 3 rings (SSSR count). The van der Waals surface area contributed by atoms with E-state index in [1.807, 2.05) is 0 Å². The SMILES string of the molecule is CCOC(=O)COc1cc(Br)c(/C=C2/SC(=Nc3cccc(Cl)c3Cl)NC2=O)cc1OC. The van der Waals surface area contributed by atoms with Crippen LogP contribution in [0.5, 0.6) is 11.5 Å². The van der Waals surface area contributed by atoms with Gasteiger partial charge in [-0.25, -0.2) is 9.79 Å². The topological polar surface area (TPSA) is 86.2 Å². The van der Waals surface area contributed by atoms with Crippen molar-refractivity contribution in [3.05, 3.63) is 55.3 Å². The normalized spacial score (nSPS) is 15.7. The number of halogens is 3. The summed E-state index contributed by atoms with van der Waals surface area (Å²) in [5, 5.41) is 3.76. The van der Waals surface area contributed by atoms with Gasteiger partial charge in [0.25, 0.3) is 5.91 Å². The highest BCUT2D eigenvalue weighted by molar-refractivity contribution is 9.10. The van der Waals surface area contributed by atoms with Crippen LogP contribution in [0.4, 0.5) is 5.69 Å². The first kappa shape index (κ1) is 24.4. The monoisotopic (exact) mass is 558 g/mol. The molecule has 2 aromatic rings. The minimum absolute atomic E-state index is 0.249. The molecule has 168 valence electrons. The number of ether oxygens (including phenoxy) is 3. The number of thioether (sulfide) groups is 1. The molecule has 0 saturated carbocycles. The van der Waals surface area contributed by atoms with E-state index in [9.17, 15) is 9.59 Å². The number of carbonyl (C=O) groups excluding carboxylic acids is 2. The zero-order valence-electron chi connectivity index (χ0n) is 16.9. The highest BCUT2D eigenvalue weighted by Crippen LogP contribution is 2.38. The second-order valence-electron chi connectivity index (χ2n) is 6.17. The number of benzene rings is 2. The highest BCUT2D eigenvalue weighted by Gasteiger charge is 2.25. The van der Waals surface area contributed by atoms with Gasteiger partial charge >= 0.3 is 5.97 Å². The van der Waals surface area contributed by atoms with Gasteiger partial charge in [-0.15, -0.1) is 0 Å². The Balaban J connectivity index is 1.83. The van der Waals surface area contributed by atoms with Crippen molar-refractivity contribution in [1.82, 2.24) is 5.32 Å². The summed E-state index contributed by atoms with van der Waals surface area (Å²) >= 11 is 16.8. The lowest BCUT2D eigenvalue weighted by Crippen LogP contribution is -2.19. The quantitative estimate of drug-likeness (QED) is 0.351. The van der Waals surface area contributed by atoms with Crippen molar-refractivity contribution in [2.45, 2.75) is 6.92 Å². The molecule has 0 spiro atoms. The number of esters is 1. The van der Waals surface area contributed by atoms with Crippen LogP contribution in [0.3, 0.4) is 0 Å². The molecule has 1 aliphatic rings. The summed E-state index contributed by atoms with van der Waals surface area (Å²) in [4.78, 5) is 28.8. The molecule has 1 fully saturated rings. The predicted octanol–water partition coefficient (Wildman–Crippen LogP) is 5.60. The first-order chi connectivity index (χ1) is 15.3. The van der Waals surface area contributed by atoms with E-state index in [0.717, 1.165) is 11.8 Å². The zero-order valence-corrected chi connectivity index (χ0v) is 20.8. The first-order valence-corrected chi connectivity index (χ1v) is 11.6. The Morgan fingerprint density at radius 2 is 2.06 bits per heavy atom. The molecule has 1 amide bonds. The van der Waals surface area contributed by atoms with Crippen molar-refractivity contribution in [2.24, 2.45) is 4.99 Å². The molecule has 0 bridgehead atoms. The molecule has 0 atom stereocenters. The average Bonchev–Trinajstić information content (AvgIpc) is 3.10. The summed E-state index contributed by atoms with van der Waals surface area (Å²) in [5.41, 5.74) is 1.12. The third-order valence-electron chi connectivity index (χ3n) is 4.02. The van der Waals surface area contributed by atoms with Crippen LogP contribution in [0.1, 0.15) is 12.5 Å². The smallest absolute Gasteiger partial charge is 0.344 e. The van der Waals surface area contributed by atoms with Crippen LogP contribution in [0, 0.1) is 0 Å². The minimum atomic E-state index is -0.484. The Labute approximate surface area is 207 Å². The summed E-state index contributed by atoms with van der Waals surface area (Å²) in [6, 6.07) is 8.42. The number of amides is 1. The molecule has 1 heterocycles. The van der Waals surface area contributed by atoms with E-state index in [-0.39, 0.29) is 19.1 Å². The van der Waals surface area contributed by atoms with E-state index in [1.165, 1.54) is 7.11 Å². The molecule has 7 nitrogen and oxygen atoms in total. The number of rotatable bonds is 7. The van der Waals surface area contributed by atoms with Gasteiger partial charge in [0.2, 0.25) is 0 Å². The lowest BCUT2D eigenvalue weighted by Gasteiger charge is -2.12. The molecule has 0 aliphatic carbocycles. The van der Waals surface area contributed by atoms with Crippen molar-refractivity contribution < 1.29 is 23.8 Å². The molecule has 0 unspecified atom stereocenters. The van der Waals surface area contributed by atoms with Crippen LogP contribution in [0.15, 0.2) is 44.7 Å². The number of hydrogen-bond acceptors (Lipinski definition) is 7. The minimum Gasteiger partial charge on any atom is -0.493 e. The Morgan fingerprint density at radius 1 is 1.28 bits per heavy atom. The number of hydrogen-bond donors (Lipinski definition) is 1. The van der Waals surface area contributed by atoms with Gasteiger partial charge in [0, 0.05) is 4.47 Å². The summed E-state index contributed by atoms with van der Waals surface area (Å²) < 4.78 is 16.4. The van der Waals surface area contributed by atoms with Crippen molar-refractivity contribution in [1.29, 1.82) is 0 Å². The number of amidine groups is 1. The predicted molar refractivity (Wildman–Crippen MR) is 130 cm³/mol. The Hall–Kier alpha value is -2.20. The van der Waals surface area contributed by atoms with E-state index >= 15 is 0 Å². The van der Waals surface area contributed by atoms with Crippen molar-refractivity contribution in [2.75, 3.05) is 20.3 Å². The molecular formula is C21H17BrCl2N2O5S. The van der Waals surface area contributed by atoms with Gasteiger partial charge in [-0.05, 0) is 54.6 Å². The van der Waals surface area contributed by atoms with Gasteiger partial charge < -0.3 is 19.5 Å². The Morgan fingerprint density at radius 3 is 2.78 bits per heavy atom. The van der Waals surface area contributed by atoms with Gasteiger partial charge in [-0.3, -0.25) is 4.79 Å². The van der Waals surface area contributed by atoms with Gasteiger partial charge in [-0.1, -0.05) is 45.2 Å². The van der Waals surface area contributed by atoms with Gasteiger partial charge in [0.05, 0.1) is 34.4 Å². The van der Waals surface area contributed by atoms with Crippen LogP contribution in [-0.4, -0.2) is 37.4 Å². The average molecular weight is 560 g/mol. The molecule has 1 N–H and O–H groups in total. The van der Waals surface area contributed by atoms with E-state index < -0.39 is 5.97 Å². The lowest BCUT2D eigenvalue weighted by molar-refractivity contribution is -0.145. The second-order valence-corrected chi connectivity index (χ2v) is 8.84. The Kier molecular flexibility index (Phi) is 8.47. The molecule has 0 radical (unpaired) electrons. The fourth-order valence-electron chi connectivity index (χ4n) is 2.58. The van der Waals surface area contributed by atoms with E-state index in [0.29, 0.717) is 47.3 Å². The highest BCUT2D eigenvalue weighted by atomic mass is 79.9. The van der Waals surface area contributed by atoms with Crippen LogP contribution in [-0.2, 0) is 14.3 Å². The van der Waals surface area contributed by atoms with Crippen molar-refractivity contribution >= 4 is 79.7 Å². The number of nitrogens with zero attached hydrogens (tertiary/aromatic N) is 1. The molecule has 1 saturated heterocycles. The maximum atomic E-state index is 12.4. The molecule has 32 heavy (non-hydrogen) atoms. The van der Waals surface area contributed by atoms with E-state index in [1.54, 1.807) is 43.3 Å². The summed E-state index contributed by atoms with van der Waals surface area (Å²) in [7, 11) is 1.48. The lowest BCUT2D eigenvalue weighted by atomic mass is 10.2. The van der Waals surface area contributed by atoms with Crippen LogP contribution < -0.4 is 14.8 Å². The Bertz CT molecular complexity index is 1120. The molecule has 1 aliphatic heterocycles. The summed E-state index contributed by atoms with van der Waals surface area (Å²) in [5.74, 6) is -0.0359. The van der Waals surface area contributed by atoms with E-state index in [2.05, 4.69) is 26.2 Å². The molecule has 11 heteroatoms. The third kappa shape index (κ3) is 5.98. The summed E-state index contributed by atoms with van der Waals surface area (Å²) in [6.45, 7) is 1.74. The van der Waals surface area contributed by atoms with Gasteiger partial charge in [0.1, 0.15) is 0 Å². The number of carbonyl (C=O) groups is 2. The largest absolute Gasteiger partial charge is 0.493 e. The van der Waals surface area contributed by atoms with Gasteiger partial charge in [0.15, 0.2) is 23.3 Å². The third-order valence-corrected chi connectivity index (χ3v) is 6.43. The number of nitrogens with one attached hydrogen (secondary N) is 1. The molecule has 0 aromatic heterocycles. The number of methoxy groups -OCH3 is 1. The van der Waals surface area contributed by atoms with Crippen LogP contribution in [0.2, 0.25) is 10.0 Å². The van der Waals surface area contributed by atoms with Crippen LogP contribution >= 0.6 is 50.9 Å². The fraction of sp³-hybridized carbons (Fsp3) is 0.190. The molecule has 2 aromatic carbocycles. The molecular weight excluding hydrogens is 543 g/mol. The maximum Gasteiger partial charge on any atom is 0.344 e. The first-order valence-electron chi connectivity index (χ1n) is 9.22. The standard InChI is InChI=1S/C21H17BrCl2N2O5S/c1-3-30-18(27)10-31-16-9-12(22)11(7-15(16)29-2)8-17-20(28)26-21(32-17)25-14-6-4-5-13(23)19(14)24/h4-9H,3,10H2,1-2H3,(H,25,26,28)/b17-8+. The van der Waals surface area contributed by atoms with Crippen LogP contribution in [0.25, 0.3) is 6.08 Å². The van der Waals surface area contributed by atoms with Gasteiger partial charge in [-0.2, -0.15) is 0 Å². The van der Waals surface area contributed by atoms with Crippen molar-refractivity contribution in [3.63, 3.8) is 0 Å².